The topological polar surface area (TPSA) is 42.0 Å². The third kappa shape index (κ3) is 5.18. The Kier molecular flexibility index (Phi) is 6.25. The lowest BCUT2D eigenvalue weighted by Crippen LogP contribution is -2.13. The molecule has 0 fully saturated rings. The fourth-order valence-corrected chi connectivity index (χ4v) is 4.00. The van der Waals surface area contributed by atoms with Crippen molar-refractivity contribution < 1.29 is 4.79 Å². The molecule has 3 aromatic rings. The monoisotopic (exact) mass is 368 g/mol. The van der Waals surface area contributed by atoms with Crippen molar-refractivity contribution in [1.82, 2.24) is 4.98 Å². The molecule has 0 unspecified atom stereocenters. The van der Waals surface area contributed by atoms with E-state index in [0.29, 0.717) is 5.75 Å². The van der Waals surface area contributed by atoms with E-state index in [1.807, 2.05) is 30.3 Å². The highest BCUT2D eigenvalue weighted by atomic mass is 32.2. The van der Waals surface area contributed by atoms with Crippen molar-refractivity contribution in [3.05, 3.63) is 71.2 Å². The average Bonchev–Trinajstić information content (AvgIpc) is 3.11. The van der Waals surface area contributed by atoms with Gasteiger partial charge in [0.1, 0.15) is 5.01 Å². The second-order valence-electron chi connectivity index (χ2n) is 5.60. The fourth-order valence-electron chi connectivity index (χ4n) is 2.36. The molecular formula is C20H20N2OS2. The van der Waals surface area contributed by atoms with Crippen molar-refractivity contribution in [2.75, 3.05) is 11.1 Å². The maximum absolute atomic E-state index is 11.9. The highest BCUT2D eigenvalue weighted by molar-refractivity contribution is 7.99. The lowest BCUT2D eigenvalue weighted by atomic mass is 10.1. The normalized spacial score (nSPS) is 10.6. The Bertz CT molecular complexity index is 813. The van der Waals surface area contributed by atoms with Gasteiger partial charge in [-0.15, -0.1) is 23.1 Å². The Balaban J connectivity index is 1.49. The molecule has 0 bridgehead atoms. The molecule has 3 rings (SSSR count). The van der Waals surface area contributed by atoms with Gasteiger partial charge in [0.25, 0.3) is 0 Å². The summed E-state index contributed by atoms with van der Waals surface area (Å²) < 4.78 is 0. The molecule has 0 aliphatic heterocycles. The molecule has 128 valence electrons. The number of hydrogen-bond acceptors (Lipinski definition) is 4. The van der Waals surface area contributed by atoms with E-state index in [1.165, 1.54) is 5.56 Å². The van der Waals surface area contributed by atoms with E-state index in [1.54, 1.807) is 23.1 Å². The van der Waals surface area contributed by atoms with E-state index in [2.05, 4.69) is 46.9 Å². The van der Waals surface area contributed by atoms with Crippen LogP contribution in [0.1, 0.15) is 18.2 Å². The predicted octanol–water partition coefficient (Wildman–Crippen LogP) is 5.24. The van der Waals surface area contributed by atoms with E-state index in [0.717, 1.165) is 34.1 Å². The van der Waals surface area contributed by atoms with E-state index in [4.69, 9.17) is 0 Å². The third-order valence-electron chi connectivity index (χ3n) is 3.70. The number of carbonyl (C=O) groups excluding carboxylic acids is 1. The summed E-state index contributed by atoms with van der Waals surface area (Å²) in [6.45, 7) is 2.15. The van der Waals surface area contributed by atoms with Crippen LogP contribution in [0.2, 0.25) is 0 Å². The Hall–Kier alpha value is -2.11. The largest absolute Gasteiger partial charge is 0.325 e. The van der Waals surface area contributed by atoms with E-state index >= 15 is 0 Å². The van der Waals surface area contributed by atoms with Crippen molar-refractivity contribution in [2.24, 2.45) is 0 Å². The van der Waals surface area contributed by atoms with Crippen LogP contribution in [0.15, 0.2) is 60.0 Å². The van der Waals surface area contributed by atoms with Crippen LogP contribution in [-0.2, 0) is 17.0 Å². The number of nitrogens with one attached hydrogen (secondary N) is 1. The number of rotatable bonds is 7. The van der Waals surface area contributed by atoms with Gasteiger partial charge in [-0.05, 0) is 24.1 Å². The molecule has 0 aliphatic rings. The van der Waals surface area contributed by atoms with Crippen LogP contribution in [0.25, 0.3) is 10.6 Å². The summed E-state index contributed by atoms with van der Waals surface area (Å²) in [7, 11) is 0. The number of nitrogens with zero attached hydrogens (tertiary/aromatic N) is 1. The van der Waals surface area contributed by atoms with Crippen LogP contribution in [0.5, 0.6) is 0 Å². The molecule has 5 heteroatoms. The van der Waals surface area contributed by atoms with Crippen LogP contribution >= 0.6 is 23.1 Å². The van der Waals surface area contributed by atoms with Gasteiger partial charge in [0.2, 0.25) is 5.91 Å². The first kappa shape index (κ1) is 17.7. The first-order chi connectivity index (χ1) is 12.2. The Morgan fingerprint density at radius 2 is 1.88 bits per heavy atom. The van der Waals surface area contributed by atoms with Gasteiger partial charge in [-0.2, -0.15) is 0 Å². The molecule has 1 amide bonds. The summed E-state index contributed by atoms with van der Waals surface area (Å²) in [5.74, 6) is 1.18. The maximum atomic E-state index is 11.9. The van der Waals surface area contributed by atoms with Crippen molar-refractivity contribution in [3.8, 4) is 10.6 Å². The van der Waals surface area contributed by atoms with E-state index in [9.17, 15) is 4.79 Å². The smallest absolute Gasteiger partial charge is 0.234 e. The molecule has 0 saturated carbocycles. The van der Waals surface area contributed by atoms with Gasteiger partial charge in [0, 0.05) is 22.4 Å². The molecule has 2 aromatic carbocycles. The number of carbonyl (C=O) groups is 1. The van der Waals surface area contributed by atoms with Crippen molar-refractivity contribution in [1.29, 1.82) is 0 Å². The van der Waals surface area contributed by atoms with Crippen molar-refractivity contribution in [3.63, 3.8) is 0 Å². The first-order valence-electron chi connectivity index (χ1n) is 8.21. The molecule has 0 spiro atoms. The predicted molar refractivity (Wildman–Crippen MR) is 108 cm³/mol. The summed E-state index contributed by atoms with van der Waals surface area (Å²) in [5, 5.41) is 6.00. The maximum Gasteiger partial charge on any atom is 0.234 e. The fraction of sp³-hybridized carbons (Fsp3) is 0.200. The minimum absolute atomic E-state index is 0.0156. The van der Waals surface area contributed by atoms with Gasteiger partial charge in [0.15, 0.2) is 0 Å². The number of benzene rings is 2. The van der Waals surface area contributed by atoms with Crippen LogP contribution in [0.4, 0.5) is 5.69 Å². The summed E-state index contributed by atoms with van der Waals surface area (Å²) in [4.78, 5) is 16.6. The second kappa shape index (κ2) is 8.83. The van der Waals surface area contributed by atoms with Gasteiger partial charge < -0.3 is 5.32 Å². The van der Waals surface area contributed by atoms with Crippen molar-refractivity contribution >= 4 is 34.7 Å². The Labute approximate surface area is 156 Å². The van der Waals surface area contributed by atoms with Crippen LogP contribution in [0.3, 0.4) is 0 Å². The standard InChI is InChI=1S/C20H20N2OS2/c1-2-15-8-10-16(11-9-15)20-22-18(13-25-20)12-24-14-19(23)21-17-6-4-3-5-7-17/h3-11,13H,2,12,14H2,1H3,(H,21,23). The summed E-state index contributed by atoms with van der Waals surface area (Å²) in [6.07, 6.45) is 1.05. The summed E-state index contributed by atoms with van der Waals surface area (Å²) >= 11 is 3.23. The zero-order valence-corrected chi connectivity index (χ0v) is 15.7. The number of aromatic nitrogens is 1. The molecule has 3 nitrogen and oxygen atoms in total. The molecule has 1 N–H and O–H groups in total. The molecular weight excluding hydrogens is 348 g/mol. The van der Waals surface area contributed by atoms with Gasteiger partial charge >= 0.3 is 0 Å². The van der Waals surface area contributed by atoms with E-state index < -0.39 is 0 Å². The number of thiazole rings is 1. The van der Waals surface area contributed by atoms with Gasteiger partial charge in [-0.25, -0.2) is 4.98 Å². The quantitative estimate of drug-likeness (QED) is 0.620. The van der Waals surface area contributed by atoms with Crippen LogP contribution in [0, 0.1) is 0 Å². The number of aryl methyl sites for hydroxylation is 1. The molecule has 0 aliphatic carbocycles. The molecule has 0 atom stereocenters. The van der Waals surface area contributed by atoms with Gasteiger partial charge in [-0.3, -0.25) is 4.79 Å². The Morgan fingerprint density at radius 3 is 2.60 bits per heavy atom. The lowest BCUT2D eigenvalue weighted by molar-refractivity contribution is -0.113. The zero-order chi connectivity index (χ0) is 17.5. The van der Waals surface area contributed by atoms with E-state index in [-0.39, 0.29) is 5.91 Å². The minimum atomic E-state index is 0.0156. The molecule has 1 aromatic heterocycles. The van der Waals surface area contributed by atoms with Crippen LogP contribution < -0.4 is 5.32 Å². The third-order valence-corrected chi connectivity index (χ3v) is 5.61. The Morgan fingerprint density at radius 1 is 1.12 bits per heavy atom. The van der Waals surface area contributed by atoms with Gasteiger partial charge in [0.05, 0.1) is 11.4 Å². The van der Waals surface area contributed by atoms with Crippen LogP contribution in [-0.4, -0.2) is 16.6 Å². The lowest BCUT2D eigenvalue weighted by Gasteiger charge is -2.04. The highest BCUT2D eigenvalue weighted by Crippen LogP contribution is 2.26. The number of anilines is 1. The molecule has 25 heavy (non-hydrogen) atoms. The summed E-state index contributed by atoms with van der Waals surface area (Å²) in [5.41, 5.74) is 4.34. The number of hydrogen-bond donors (Lipinski definition) is 1. The average molecular weight is 369 g/mol. The van der Waals surface area contributed by atoms with Gasteiger partial charge in [-0.1, -0.05) is 49.4 Å². The highest BCUT2D eigenvalue weighted by Gasteiger charge is 2.07. The zero-order valence-electron chi connectivity index (χ0n) is 14.1. The number of thioether (sulfide) groups is 1. The number of para-hydroxylation sites is 1. The number of amides is 1. The molecule has 0 radical (unpaired) electrons. The first-order valence-corrected chi connectivity index (χ1v) is 10.2. The molecule has 1 heterocycles. The molecule has 0 saturated heterocycles. The summed E-state index contributed by atoms with van der Waals surface area (Å²) in [6, 6.07) is 18.1. The van der Waals surface area contributed by atoms with Crippen molar-refractivity contribution in [2.45, 2.75) is 19.1 Å². The minimum Gasteiger partial charge on any atom is -0.325 e. The second-order valence-corrected chi connectivity index (χ2v) is 7.45. The SMILES string of the molecule is CCc1ccc(-c2nc(CSCC(=O)Nc3ccccc3)cs2)cc1.